The minimum Gasteiger partial charge on any atom is -0.306 e. The summed E-state index contributed by atoms with van der Waals surface area (Å²) in [4.78, 5) is 18.8. The van der Waals surface area contributed by atoms with Crippen LogP contribution in [0.3, 0.4) is 0 Å². The molecule has 1 amide bonds. The van der Waals surface area contributed by atoms with Crippen molar-refractivity contribution in [3.8, 4) is 0 Å². The van der Waals surface area contributed by atoms with Crippen molar-refractivity contribution in [1.29, 1.82) is 0 Å². The van der Waals surface area contributed by atoms with E-state index in [1.165, 1.54) is 0 Å². The van der Waals surface area contributed by atoms with E-state index < -0.39 is 0 Å². The lowest BCUT2D eigenvalue weighted by atomic mass is 9.99. The van der Waals surface area contributed by atoms with E-state index in [-0.39, 0.29) is 18.5 Å². The number of carbonyl (C=O) groups is 1. The topological polar surface area (TPSA) is 32.7 Å². The predicted octanol–water partition coefficient (Wildman–Crippen LogP) is 4.59. The molecule has 1 aliphatic heterocycles. The number of halogens is 2. The minimum atomic E-state index is -0.0728. The highest BCUT2D eigenvalue weighted by Crippen LogP contribution is 2.37. The number of carbonyl (C=O) groups excluding carboxylic acids is 1. The molecular formula is C18H16Cl2N2O. The summed E-state index contributed by atoms with van der Waals surface area (Å²) in [6, 6.07) is 13.2. The van der Waals surface area contributed by atoms with Crippen molar-refractivity contribution in [2.75, 3.05) is 11.4 Å². The fourth-order valence-corrected chi connectivity index (χ4v) is 3.40. The number of benzodiazepines with no additional fused rings is 1. The molecule has 1 aliphatic rings. The molecule has 23 heavy (non-hydrogen) atoms. The van der Waals surface area contributed by atoms with Gasteiger partial charge in [0, 0.05) is 22.2 Å². The van der Waals surface area contributed by atoms with Crippen LogP contribution in [-0.2, 0) is 4.79 Å². The number of hydrogen-bond acceptors (Lipinski definition) is 2. The minimum absolute atomic E-state index is 0.0229. The number of benzene rings is 2. The van der Waals surface area contributed by atoms with Gasteiger partial charge in [-0.05, 0) is 26.0 Å². The monoisotopic (exact) mass is 346 g/mol. The highest BCUT2D eigenvalue weighted by molar-refractivity contribution is 6.39. The fourth-order valence-electron chi connectivity index (χ4n) is 2.81. The standard InChI is InChI=1S/C18H16Cl2N2O/c1-11(2)22-16(23)10-21-17(12-6-4-3-5-7-12)14-8-13(19)9-15(20)18(14)22/h3-9,11H,10H2,1-2H3. The maximum absolute atomic E-state index is 12.6. The van der Waals surface area contributed by atoms with Crippen molar-refractivity contribution in [1.82, 2.24) is 0 Å². The summed E-state index contributed by atoms with van der Waals surface area (Å²) < 4.78 is 0. The molecule has 2 aromatic carbocycles. The molecule has 1 heterocycles. The van der Waals surface area contributed by atoms with Gasteiger partial charge in [-0.1, -0.05) is 53.5 Å². The first kappa shape index (κ1) is 16.0. The van der Waals surface area contributed by atoms with Crippen LogP contribution < -0.4 is 4.90 Å². The third-order valence-electron chi connectivity index (χ3n) is 3.73. The fraction of sp³-hybridized carbons (Fsp3) is 0.222. The van der Waals surface area contributed by atoms with Crippen molar-refractivity contribution < 1.29 is 4.79 Å². The van der Waals surface area contributed by atoms with Crippen LogP contribution in [0.15, 0.2) is 47.5 Å². The average molecular weight is 347 g/mol. The molecule has 0 bridgehead atoms. The van der Waals surface area contributed by atoms with E-state index in [0.717, 1.165) is 16.8 Å². The maximum atomic E-state index is 12.6. The third kappa shape index (κ3) is 2.99. The van der Waals surface area contributed by atoms with Gasteiger partial charge in [0.25, 0.3) is 0 Å². The van der Waals surface area contributed by atoms with Crippen LogP contribution in [0.5, 0.6) is 0 Å². The van der Waals surface area contributed by atoms with Crippen LogP contribution in [-0.4, -0.2) is 24.2 Å². The normalized spacial score (nSPS) is 14.6. The van der Waals surface area contributed by atoms with E-state index in [4.69, 9.17) is 23.2 Å². The molecular weight excluding hydrogens is 331 g/mol. The first-order chi connectivity index (χ1) is 11.0. The van der Waals surface area contributed by atoms with Gasteiger partial charge in [0.05, 0.1) is 16.4 Å². The Morgan fingerprint density at radius 2 is 1.83 bits per heavy atom. The zero-order valence-electron chi connectivity index (χ0n) is 12.9. The van der Waals surface area contributed by atoms with Crippen LogP contribution in [0.1, 0.15) is 25.0 Å². The van der Waals surface area contributed by atoms with Crippen LogP contribution in [0.4, 0.5) is 5.69 Å². The Balaban J connectivity index is 2.29. The zero-order valence-corrected chi connectivity index (χ0v) is 14.4. The zero-order chi connectivity index (χ0) is 16.6. The molecule has 0 radical (unpaired) electrons. The van der Waals surface area contributed by atoms with Crippen molar-refractivity contribution in [2.45, 2.75) is 19.9 Å². The first-order valence-electron chi connectivity index (χ1n) is 7.40. The molecule has 0 saturated heterocycles. The highest BCUT2D eigenvalue weighted by Gasteiger charge is 2.29. The van der Waals surface area contributed by atoms with E-state index in [1.54, 1.807) is 11.0 Å². The Morgan fingerprint density at radius 3 is 2.48 bits per heavy atom. The Hall–Kier alpha value is -1.84. The lowest BCUT2D eigenvalue weighted by Crippen LogP contribution is -2.38. The van der Waals surface area contributed by atoms with Crippen molar-refractivity contribution in [2.24, 2.45) is 4.99 Å². The smallest absolute Gasteiger partial charge is 0.248 e. The molecule has 3 rings (SSSR count). The number of rotatable bonds is 2. The van der Waals surface area contributed by atoms with E-state index in [1.807, 2.05) is 50.2 Å². The molecule has 0 atom stereocenters. The maximum Gasteiger partial charge on any atom is 0.248 e. The van der Waals surface area contributed by atoms with Gasteiger partial charge in [-0.25, -0.2) is 0 Å². The second-order valence-electron chi connectivity index (χ2n) is 5.67. The van der Waals surface area contributed by atoms with Crippen molar-refractivity contribution in [3.05, 3.63) is 63.6 Å². The summed E-state index contributed by atoms with van der Waals surface area (Å²) in [6.45, 7) is 4.01. The van der Waals surface area contributed by atoms with E-state index in [0.29, 0.717) is 15.7 Å². The molecule has 118 valence electrons. The molecule has 0 N–H and O–H groups in total. The summed E-state index contributed by atoms with van der Waals surface area (Å²) in [5, 5.41) is 0.982. The molecule has 0 saturated carbocycles. The second kappa shape index (κ2) is 6.34. The van der Waals surface area contributed by atoms with Crippen LogP contribution >= 0.6 is 23.2 Å². The van der Waals surface area contributed by atoms with E-state index in [2.05, 4.69) is 4.99 Å². The summed E-state index contributed by atoms with van der Waals surface area (Å²) in [6.07, 6.45) is 0. The molecule has 0 aliphatic carbocycles. The van der Waals surface area contributed by atoms with Gasteiger partial charge in [0.15, 0.2) is 0 Å². The lowest BCUT2D eigenvalue weighted by Gasteiger charge is -2.28. The molecule has 0 spiro atoms. The molecule has 2 aromatic rings. The molecule has 5 heteroatoms. The van der Waals surface area contributed by atoms with Crippen LogP contribution in [0.25, 0.3) is 0 Å². The van der Waals surface area contributed by atoms with Gasteiger partial charge in [0.2, 0.25) is 5.91 Å². The molecule has 0 fully saturated rings. The van der Waals surface area contributed by atoms with Gasteiger partial charge < -0.3 is 4.90 Å². The summed E-state index contributed by atoms with van der Waals surface area (Å²) >= 11 is 12.7. The molecule has 3 nitrogen and oxygen atoms in total. The Morgan fingerprint density at radius 1 is 1.13 bits per heavy atom. The van der Waals surface area contributed by atoms with Crippen molar-refractivity contribution in [3.63, 3.8) is 0 Å². The second-order valence-corrected chi connectivity index (χ2v) is 6.52. The summed E-state index contributed by atoms with van der Waals surface area (Å²) in [5.74, 6) is -0.0728. The lowest BCUT2D eigenvalue weighted by molar-refractivity contribution is -0.117. The van der Waals surface area contributed by atoms with Gasteiger partial charge in [-0.15, -0.1) is 0 Å². The van der Waals surface area contributed by atoms with Gasteiger partial charge in [-0.3, -0.25) is 9.79 Å². The quantitative estimate of drug-likeness (QED) is 0.782. The number of hydrogen-bond donors (Lipinski definition) is 0. The van der Waals surface area contributed by atoms with Crippen LogP contribution in [0, 0.1) is 0 Å². The first-order valence-corrected chi connectivity index (χ1v) is 8.16. The predicted molar refractivity (Wildman–Crippen MR) is 96.0 cm³/mol. The van der Waals surface area contributed by atoms with E-state index in [9.17, 15) is 4.79 Å². The summed E-state index contributed by atoms with van der Waals surface area (Å²) in [7, 11) is 0. The van der Waals surface area contributed by atoms with Gasteiger partial charge in [0.1, 0.15) is 6.54 Å². The SMILES string of the molecule is CC(C)N1C(=O)CN=C(c2ccccc2)c2cc(Cl)cc(Cl)c21. The number of aliphatic imine (C=N–C) groups is 1. The van der Waals surface area contributed by atoms with E-state index >= 15 is 0 Å². The number of anilines is 1. The Labute approximate surface area is 145 Å². The number of amides is 1. The highest BCUT2D eigenvalue weighted by atomic mass is 35.5. The average Bonchev–Trinajstić information content (AvgIpc) is 2.65. The number of fused-ring (bicyclic) bond motifs is 1. The molecule has 0 aromatic heterocycles. The van der Waals surface area contributed by atoms with Crippen molar-refractivity contribution >= 4 is 40.5 Å². The van der Waals surface area contributed by atoms with Gasteiger partial charge >= 0.3 is 0 Å². The Kier molecular flexibility index (Phi) is 4.42. The third-order valence-corrected chi connectivity index (χ3v) is 4.24. The van der Waals surface area contributed by atoms with Crippen LogP contribution in [0.2, 0.25) is 10.0 Å². The number of nitrogens with zero attached hydrogens (tertiary/aromatic N) is 2. The largest absolute Gasteiger partial charge is 0.306 e. The van der Waals surface area contributed by atoms with Gasteiger partial charge in [-0.2, -0.15) is 0 Å². The summed E-state index contributed by atoms with van der Waals surface area (Å²) in [5.41, 5.74) is 3.14. The Bertz CT molecular complexity index is 785. The molecule has 0 unspecified atom stereocenters.